The third kappa shape index (κ3) is 1.89. The number of fused-ring (bicyclic) bond motifs is 1. The molecule has 2 heterocycles. The van der Waals surface area contributed by atoms with Gasteiger partial charge < -0.3 is 5.11 Å². The van der Waals surface area contributed by atoms with Crippen molar-refractivity contribution in [1.82, 2.24) is 9.97 Å². The van der Waals surface area contributed by atoms with Crippen molar-refractivity contribution in [2.45, 2.75) is 0 Å². The van der Waals surface area contributed by atoms with Gasteiger partial charge in [0.15, 0.2) is 0 Å². The minimum absolute atomic E-state index is 0.231. The van der Waals surface area contributed by atoms with Gasteiger partial charge in [-0.1, -0.05) is 11.6 Å². The van der Waals surface area contributed by atoms with Crippen molar-refractivity contribution in [2.75, 3.05) is 0 Å². The summed E-state index contributed by atoms with van der Waals surface area (Å²) in [5.41, 5.74) is 2.49. The lowest BCUT2D eigenvalue weighted by Crippen LogP contribution is -1.87. The molecule has 0 fully saturated rings. The Morgan fingerprint density at radius 1 is 1.06 bits per heavy atom. The Morgan fingerprint density at radius 3 is 2.61 bits per heavy atom. The number of hydrogen-bond acceptors (Lipinski definition) is 3. The van der Waals surface area contributed by atoms with Gasteiger partial charge in [0.1, 0.15) is 5.75 Å². The van der Waals surface area contributed by atoms with Gasteiger partial charge in [-0.05, 0) is 36.4 Å². The molecule has 0 aliphatic rings. The van der Waals surface area contributed by atoms with E-state index in [0.717, 1.165) is 22.2 Å². The molecule has 18 heavy (non-hydrogen) atoms. The van der Waals surface area contributed by atoms with Gasteiger partial charge in [0.25, 0.3) is 0 Å². The van der Waals surface area contributed by atoms with E-state index in [1.54, 1.807) is 42.7 Å². The van der Waals surface area contributed by atoms with Crippen LogP contribution in [0.25, 0.3) is 22.2 Å². The molecule has 4 heteroatoms. The first kappa shape index (κ1) is 11.0. The maximum atomic E-state index is 9.28. The van der Waals surface area contributed by atoms with Crippen LogP contribution in [0.5, 0.6) is 5.75 Å². The Bertz CT molecular complexity index is 711. The molecule has 3 rings (SSSR count). The third-order valence-corrected chi connectivity index (χ3v) is 3.04. The molecule has 0 aliphatic heterocycles. The number of rotatable bonds is 1. The summed E-state index contributed by atoms with van der Waals surface area (Å²) >= 11 is 6.21. The maximum absolute atomic E-state index is 9.28. The van der Waals surface area contributed by atoms with E-state index < -0.39 is 0 Å². The summed E-state index contributed by atoms with van der Waals surface area (Å²) in [6.45, 7) is 0. The summed E-state index contributed by atoms with van der Waals surface area (Å²) in [5.74, 6) is 0.231. The molecule has 0 unspecified atom stereocenters. The van der Waals surface area contributed by atoms with Crippen LogP contribution in [0.4, 0.5) is 0 Å². The van der Waals surface area contributed by atoms with Gasteiger partial charge in [0.2, 0.25) is 0 Å². The molecular formula is C14H9ClN2O. The zero-order chi connectivity index (χ0) is 12.5. The number of phenolic OH excluding ortho intramolecular Hbond substituents is 1. The summed E-state index contributed by atoms with van der Waals surface area (Å²) in [4.78, 5) is 8.56. The molecule has 0 radical (unpaired) electrons. The summed E-state index contributed by atoms with van der Waals surface area (Å²) in [7, 11) is 0. The topological polar surface area (TPSA) is 46.0 Å². The fourth-order valence-electron chi connectivity index (χ4n) is 1.81. The highest BCUT2D eigenvalue weighted by Crippen LogP contribution is 2.28. The number of phenols is 1. The van der Waals surface area contributed by atoms with Gasteiger partial charge in [0.05, 0.1) is 16.2 Å². The lowest BCUT2D eigenvalue weighted by molar-refractivity contribution is 0.475. The number of aromatic hydroxyl groups is 1. The van der Waals surface area contributed by atoms with Gasteiger partial charge >= 0.3 is 0 Å². The fourth-order valence-corrected chi connectivity index (χ4v) is 2.06. The van der Waals surface area contributed by atoms with E-state index in [-0.39, 0.29) is 5.75 Å². The number of pyridine rings is 2. The molecule has 0 spiro atoms. The highest BCUT2D eigenvalue weighted by Gasteiger charge is 2.06. The average Bonchev–Trinajstić information content (AvgIpc) is 2.39. The van der Waals surface area contributed by atoms with E-state index in [4.69, 9.17) is 11.6 Å². The van der Waals surface area contributed by atoms with Gasteiger partial charge in [0, 0.05) is 23.3 Å². The Balaban J connectivity index is 2.21. The van der Waals surface area contributed by atoms with Crippen LogP contribution in [0.1, 0.15) is 0 Å². The molecular weight excluding hydrogens is 248 g/mol. The van der Waals surface area contributed by atoms with Crippen LogP contribution in [-0.2, 0) is 0 Å². The number of benzene rings is 1. The Morgan fingerprint density at radius 2 is 1.83 bits per heavy atom. The zero-order valence-corrected chi connectivity index (χ0v) is 10.1. The first-order valence-electron chi connectivity index (χ1n) is 5.44. The summed E-state index contributed by atoms with van der Waals surface area (Å²) < 4.78 is 0. The van der Waals surface area contributed by atoms with E-state index in [0.29, 0.717) is 5.02 Å². The van der Waals surface area contributed by atoms with Gasteiger partial charge in [-0.3, -0.25) is 4.98 Å². The average molecular weight is 257 g/mol. The molecule has 0 atom stereocenters. The highest BCUT2D eigenvalue weighted by molar-refractivity contribution is 6.35. The Hall–Kier alpha value is -2.13. The van der Waals surface area contributed by atoms with Crippen molar-refractivity contribution in [3.8, 4) is 17.0 Å². The zero-order valence-electron chi connectivity index (χ0n) is 9.34. The molecule has 0 bridgehead atoms. The van der Waals surface area contributed by atoms with E-state index in [9.17, 15) is 5.11 Å². The normalized spacial score (nSPS) is 10.7. The Labute approximate surface area is 109 Å². The second-order valence-corrected chi connectivity index (χ2v) is 4.34. The van der Waals surface area contributed by atoms with E-state index in [1.807, 2.05) is 6.07 Å². The molecule has 0 saturated heterocycles. The highest BCUT2D eigenvalue weighted by atomic mass is 35.5. The van der Waals surface area contributed by atoms with E-state index in [2.05, 4.69) is 9.97 Å². The predicted octanol–water partition coefficient (Wildman–Crippen LogP) is 3.66. The summed E-state index contributed by atoms with van der Waals surface area (Å²) in [6.07, 6.45) is 3.39. The van der Waals surface area contributed by atoms with Crippen molar-refractivity contribution in [2.24, 2.45) is 0 Å². The van der Waals surface area contributed by atoms with Crippen molar-refractivity contribution in [3.63, 3.8) is 0 Å². The van der Waals surface area contributed by atoms with Crippen molar-refractivity contribution in [3.05, 3.63) is 53.8 Å². The standard InChI is InChI=1S/C14H9ClN2O/c15-12-7-14(9-1-3-10(18)4-2-9)17-13-5-6-16-8-11(12)13/h1-8,18H. The van der Waals surface area contributed by atoms with Crippen LogP contribution >= 0.6 is 11.6 Å². The molecule has 3 nitrogen and oxygen atoms in total. The van der Waals surface area contributed by atoms with Gasteiger partial charge in [-0.25, -0.2) is 4.98 Å². The number of halogens is 1. The van der Waals surface area contributed by atoms with Crippen molar-refractivity contribution < 1.29 is 5.11 Å². The molecule has 3 aromatic rings. The lowest BCUT2D eigenvalue weighted by atomic mass is 10.1. The largest absolute Gasteiger partial charge is 0.508 e. The second kappa shape index (κ2) is 4.27. The van der Waals surface area contributed by atoms with Crippen LogP contribution in [0.15, 0.2) is 48.8 Å². The van der Waals surface area contributed by atoms with Crippen molar-refractivity contribution in [1.29, 1.82) is 0 Å². The molecule has 88 valence electrons. The minimum atomic E-state index is 0.231. The predicted molar refractivity (Wildman–Crippen MR) is 71.6 cm³/mol. The Kier molecular flexibility index (Phi) is 2.61. The van der Waals surface area contributed by atoms with Crippen LogP contribution in [0, 0.1) is 0 Å². The molecule has 0 amide bonds. The van der Waals surface area contributed by atoms with Crippen molar-refractivity contribution >= 4 is 22.5 Å². The number of aromatic nitrogens is 2. The maximum Gasteiger partial charge on any atom is 0.115 e. The lowest BCUT2D eigenvalue weighted by Gasteiger charge is -2.05. The molecule has 1 N–H and O–H groups in total. The van der Waals surface area contributed by atoms with E-state index in [1.165, 1.54) is 0 Å². The molecule has 1 aromatic carbocycles. The third-order valence-electron chi connectivity index (χ3n) is 2.72. The molecule has 0 aliphatic carbocycles. The smallest absolute Gasteiger partial charge is 0.115 e. The van der Waals surface area contributed by atoms with Crippen LogP contribution in [0.2, 0.25) is 5.02 Å². The first-order valence-corrected chi connectivity index (χ1v) is 5.81. The minimum Gasteiger partial charge on any atom is -0.508 e. The number of nitrogens with zero attached hydrogens (tertiary/aromatic N) is 2. The van der Waals surface area contributed by atoms with Crippen LogP contribution < -0.4 is 0 Å². The van der Waals surface area contributed by atoms with E-state index >= 15 is 0 Å². The monoisotopic (exact) mass is 256 g/mol. The number of hydrogen-bond donors (Lipinski definition) is 1. The summed E-state index contributed by atoms with van der Waals surface area (Å²) in [5, 5.41) is 10.7. The quantitative estimate of drug-likeness (QED) is 0.723. The van der Waals surface area contributed by atoms with Gasteiger partial charge in [-0.2, -0.15) is 0 Å². The fraction of sp³-hybridized carbons (Fsp3) is 0. The SMILES string of the molecule is Oc1ccc(-c2cc(Cl)c3cnccc3n2)cc1. The second-order valence-electron chi connectivity index (χ2n) is 3.93. The van der Waals surface area contributed by atoms with Gasteiger partial charge in [-0.15, -0.1) is 0 Å². The molecule has 0 saturated carbocycles. The molecule has 2 aromatic heterocycles. The van der Waals surface area contributed by atoms with Crippen LogP contribution in [-0.4, -0.2) is 15.1 Å². The first-order chi connectivity index (χ1) is 8.74. The van der Waals surface area contributed by atoms with Crippen LogP contribution in [0.3, 0.4) is 0 Å². The summed E-state index contributed by atoms with van der Waals surface area (Å²) in [6, 6.07) is 10.5.